The number of Topliss-reactive ketones (excluding diaryl/α,β-unsaturated/α-hetero) is 1. The van der Waals surface area contributed by atoms with Crippen LogP contribution in [0.25, 0.3) is 11.5 Å². The Morgan fingerprint density at radius 2 is 1.92 bits per heavy atom. The van der Waals surface area contributed by atoms with Crippen LogP contribution in [0.4, 0.5) is 0 Å². The summed E-state index contributed by atoms with van der Waals surface area (Å²) in [6, 6.07) is 11.3. The first-order valence-electron chi connectivity index (χ1n) is 7.82. The quantitative estimate of drug-likeness (QED) is 0.547. The fraction of sp³-hybridized carbons (Fsp3) is 0.111. The van der Waals surface area contributed by atoms with Crippen LogP contribution in [0.5, 0.6) is 0 Å². The first-order valence-corrected chi connectivity index (χ1v) is 7.82. The number of hydrogen-bond acceptors (Lipinski definition) is 5. The van der Waals surface area contributed by atoms with Crippen molar-refractivity contribution in [2.75, 3.05) is 0 Å². The standard InChI is InChI=1S/C18H16N4O4/c19-17(24)16(23)13(9-11-5-2-1-3-6-11)21-18(25)12-10-20-22-15(12)14-7-4-8-26-14/h1-8,10,13H,9H2,(H2,19,24)(H,20,22)(H,21,25). The minimum Gasteiger partial charge on any atom is -0.463 e. The van der Waals surface area contributed by atoms with E-state index in [1.165, 1.54) is 12.5 Å². The lowest BCUT2D eigenvalue weighted by Crippen LogP contribution is -2.47. The highest BCUT2D eigenvalue weighted by Crippen LogP contribution is 2.21. The van der Waals surface area contributed by atoms with E-state index in [1.54, 1.807) is 36.4 Å². The number of carbonyl (C=O) groups excluding carboxylic acids is 3. The van der Waals surface area contributed by atoms with E-state index in [9.17, 15) is 14.4 Å². The fourth-order valence-corrected chi connectivity index (χ4v) is 2.53. The molecule has 0 saturated heterocycles. The molecule has 0 aliphatic carbocycles. The molecule has 3 aromatic rings. The van der Waals surface area contributed by atoms with Gasteiger partial charge >= 0.3 is 0 Å². The molecule has 1 aromatic carbocycles. The highest BCUT2D eigenvalue weighted by atomic mass is 16.3. The minimum atomic E-state index is -1.11. The van der Waals surface area contributed by atoms with Crippen LogP contribution in [0.3, 0.4) is 0 Å². The molecule has 0 saturated carbocycles. The molecule has 2 heterocycles. The summed E-state index contributed by atoms with van der Waals surface area (Å²) in [7, 11) is 0. The number of nitrogens with zero attached hydrogens (tertiary/aromatic N) is 1. The molecule has 2 aromatic heterocycles. The van der Waals surface area contributed by atoms with E-state index in [2.05, 4.69) is 15.5 Å². The molecule has 2 amide bonds. The third-order valence-electron chi connectivity index (χ3n) is 3.80. The maximum absolute atomic E-state index is 12.6. The Morgan fingerprint density at radius 1 is 1.15 bits per heavy atom. The number of primary amides is 1. The van der Waals surface area contributed by atoms with Crippen LogP contribution in [0.2, 0.25) is 0 Å². The number of furan rings is 1. The Balaban J connectivity index is 1.83. The summed E-state index contributed by atoms with van der Waals surface area (Å²) in [6.45, 7) is 0. The number of ketones is 1. The highest BCUT2D eigenvalue weighted by Gasteiger charge is 2.27. The first-order chi connectivity index (χ1) is 12.6. The summed E-state index contributed by atoms with van der Waals surface area (Å²) in [5.41, 5.74) is 6.46. The van der Waals surface area contributed by atoms with E-state index in [4.69, 9.17) is 10.2 Å². The molecule has 8 heteroatoms. The number of rotatable bonds is 7. The van der Waals surface area contributed by atoms with Gasteiger partial charge in [-0.05, 0) is 17.7 Å². The second-order valence-corrected chi connectivity index (χ2v) is 5.58. The fourth-order valence-electron chi connectivity index (χ4n) is 2.53. The van der Waals surface area contributed by atoms with Gasteiger partial charge in [-0.25, -0.2) is 0 Å². The number of hydrogen-bond donors (Lipinski definition) is 3. The van der Waals surface area contributed by atoms with Gasteiger partial charge in [0.2, 0.25) is 5.78 Å². The number of carbonyl (C=O) groups is 3. The number of nitrogens with two attached hydrogens (primary N) is 1. The molecule has 0 bridgehead atoms. The smallest absolute Gasteiger partial charge is 0.287 e. The van der Waals surface area contributed by atoms with Gasteiger partial charge < -0.3 is 15.5 Å². The molecular formula is C18H16N4O4. The van der Waals surface area contributed by atoms with Crippen molar-refractivity contribution < 1.29 is 18.8 Å². The van der Waals surface area contributed by atoms with Gasteiger partial charge in [0.1, 0.15) is 11.7 Å². The van der Waals surface area contributed by atoms with Crippen LogP contribution >= 0.6 is 0 Å². The van der Waals surface area contributed by atoms with Crippen molar-refractivity contribution in [3.63, 3.8) is 0 Å². The van der Waals surface area contributed by atoms with Crippen molar-refractivity contribution in [1.29, 1.82) is 0 Å². The lowest BCUT2D eigenvalue weighted by atomic mass is 10.0. The predicted octanol–water partition coefficient (Wildman–Crippen LogP) is 1.07. The maximum Gasteiger partial charge on any atom is 0.287 e. The van der Waals surface area contributed by atoms with Gasteiger partial charge in [-0.2, -0.15) is 5.10 Å². The Morgan fingerprint density at radius 3 is 2.58 bits per heavy atom. The molecule has 0 radical (unpaired) electrons. The molecule has 0 aliphatic rings. The molecular weight excluding hydrogens is 336 g/mol. The van der Waals surface area contributed by atoms with Crippen LogP contribution in [0.15, 0.2) is 59.3 Å². The molecule has 1 unspecified atom stereocenters. The SMILES string of the molecule is NC(=O)C(=O)C(Cc1ccccc1)NC(=O)c1cn[nH]c1-c1ccco1. The molecule has 132 valence electrons. The van der Waals surface area contributed by atoms with Crippen LogP contribution in [-0.2, 0) is 16.0 Å². The van der Waals surface area contributed by atoms with Gasteiger partial charge in [-0.15, -0.1) is 0 Å². The lowest BCUT2D eigenvalue weighted by molar-refractivity contribution is -0.137. The number of H-pyrrole nitrogens is 1. The number of benzene rings is 1. The summed E-state index contributed by atoms with van der Waals surface area (Å²) in [6.07, 6.45) is 2.93. The lowest BCUT2D eigenvalue weighted by Gasteiger charge is -2.16. The first kappa shape index (κ1) is 17.2. The topological polar surface area (TPSA) is 131 Å². The Hall–Kier alpha value is -3.68. The van der Waals surface area contributed by atoms with E-state index < -0.39 is 23.6 Å². The van der Waals surface area contributed by atoms with E-state index >= 15 is 0 Å². The molecule has 1 atom stereocenters. The van der Waals surface area contributed by atoms with E-state index in [1.807, 2.05) is 6.07 Å². The monoisotopic (exact) mass is 352 g/mol. The second-order valence-electron chi connectivity index (χ2n) is 5.58. The second kappa shape index (κ2) is 7.47. The third-order valence-corrected chi connectivity index (χ3v) is 3.80. The third kappa shape index (κ3) is 3.69. The van der Waals surface area contributed by atoms with Crippen LogP contribution in [0, 0.1) is 0 Å². The van der Waals surface area contributed by atoms with Crippen molar-refractivity contribution in [3.05, 3.63) is 66.1 Å². The van der Waals surface area contributed by atoms with Crippen molar-refractivity contribution >= 4 is 17.6 Å². The zero-order valence-electron chi connectivity index (χ0n) is 13.6. The van der Waals surface area contributed by atoms with Gasteiger partial charge in [-0.3, -0.25) is 19.5 Å². The average Bonchev–Trinajstić information content (AvgIpc) is 3.32. The van der Waals surface area contributed by atoms with Gasteiger partial charge in [0.25, 0.3) is 11.8 Å². The predicted molar refractivity (Wildman–Crippen MR) is 91.9 cm³/mol. The van der Waals surface area contributed by atoms with E-state index in [0.717, 1.165) is 5.56 Å². The van der Waals surface area contributed by atoms with Crippen LogP contribution in [0.1, 0.15) is 15.9 Å². The van der Waals surface area contributed by atoms with E-state index in [0.29, 0.717) is 11.5 Å². The van der Waals surface area contributed by atoms with Gasteiger partial charge in [-0.1, -0.05) is 30.3 Å². The summed E-state index contributed by atoms with van der Waals surface area (Å²) in [5, 5.41) is 9.09. The number of amides is 2. The number of nitrogens with one attached hydrogen (secondary N) is 2. The maximum atomic E-state index is 12.6. The normalized spacial score (nSPS) is 11.7. The average molecular weight is 352 g/mol. The highest BCUT2D eigenvalue weighted by molar-refractivity contribution is 6.38. The number of aromatic nitrogens is 2. The van der Waals surface area contributed by atoms with Crippen LogP contribution in [-0.4, -0.2) is 33.8 Å². The molecule has 8 nitrogen and oxygen atoms in total. The zero-order valence-corrected chi connectivity index (χ0v) is 13.6. The van der Waals surface area contributed by atoms with Gasteiger partial charge in [0.05, 0.1) is 18.0 Å². The summed E-state index contributed by atoms with van der Waals surface area (Å²) >= 11 is 0. The van der Waals surface area contributed by atoms with Crippen molar-refractivity contribution in [2.24, 2.45) is 5.73 Å². The van der Waals surface area contributed by atoms with Gasteiger partial charge in [0.15, 0.2) is 5.76 Å². The molecule has 0 fully saturated rings. The van der Waals surface area contributed by atoms with Crippen molar-refractivity contribution in [3.8, 4) is 11.5 Å². The van der Waals surface area contributed by atoms with Crippen molar-refractivity contribution in [2.45, 2.75) is 12.5 Å². The summed E-state index contributed by atoms with van der Waals surface area (Å²) in [5.74, 6) is -2.12. The zero-order chi connectivity index (χ0) is 18.5. The molecule has 4 N–H and O–H groups in total. The summed E-state index contributed by atoms with van der Waals surface area (Å²) < 4.78 is 5.26. The Labute approximate surface area is 148 Å². The Bertz CT molecular complexity index is 916. The summed E-state index contributed by atoms with van der Waals surface area (Å²) in [4.78, 5) is 36.1. The molecule has 0 aliphatic heterocycles. The van der Waals surface area contributed by atoms with Crippen molar-refractivity contribution in [1.82, 2.24) is 15.5 Å². The molecule has 0 spiro atoms. The minimum absolute atomic E-state index is 0.141. The Kier molecular flexibility index (Phi) is 4.93. The largest absolute Gasteiger partial charge is 0.463 e. The number of aromatic amines is 1. The molecule has 3 rings (SSSR count). The molecule has 26 heavy (non-hydrogen) atoms. The van der Waals surface area contributed by atoms with Crippen LogP contribution < -0.4 is 11.1 Å². The van der Waals surface area contributed by atoms with Gasteiger partial charge in [0, 0.05) is 6.42 Å². The van der Waals surface area contributed by atoms with E-state index in [-0.39, 0.29) is 12.0 Å².